The molecular weight excluding hydrogens is 434 g/mol. The molecule has 2 aromatic heterocycles. The fourth-order valence-corrected chi connectivity index (χ4v) is 4.48. The van der Waals surface area contributed by atoms with Gasteiger partial charge in [0.1, 0.15) is 5.52 Å². The summed E-state index contributed by atoms with van der Waals surface area (Å²) in [6.07, 6.45) is 0. The Labute approximate surface area is 196 Å². The molecule has 0 aliphatic carbocycles. The maximum absolute atomic E-state index is 13.5. The first-order valence-corrected chi connectivity index (χ1v) is 11.9. The van der Waals surface area contributed by atoms with Crippen molar-refractivity contribution in [1.29, 1.82) is 0 Å². The molecule has 33 heavy (non-hydrogen) atoms. The van der Waals surface area contributed by atoms with E-state index in [1.54, 1.807) is 9.25 Å². The molecule has 0 unspecified atom stereocenters. The van der Waals surface area contributed by atoms with Crippen LogP contribution in [0.15, 0.2) is 58.5 Å². The number of benzene rings is 2. The average Bonchev–Trinajstić information content (AvgIpc) is 3.11. The molecule has 8 heteroatoms. The zero-order valence-electron chi connectivity index (χ0n) is 19.3. The lowest BCUT2D eigenvalue weighted by Crippen LogP contribution is -2.26. The summed E-state index contributed by atoms with van der Waals surface area (Å²) < 4.78 is 3.34. The van der Waals surface area contributed by atoms with Gasteiger partial charge in [-0.15, -0.1) is 0 Å². The maximum atomic E-state index is 13.5. The van der Waals surface area contributed by atoms with Crippen molar-refractivity contribution in [3.8, 4) is 0 Å². The molecule has 1 amide bonds. The minimum absolute atomic E-state index is 0.140. The normalized spacial score (nSPS) is 11.2. The molecule has 4 aromatic rings. The topological polar surface area (TPSA) is 81.8 Å². The van der Waals surface area contributed by atoms with Crippen LogP contribution in [0.3, 0.4) is 0 Å². The number of carbonyl (C=O) groups is 1. The van der Waals surface area contributed by atoms with Gasteiger partial charge in [0.15, 0.2) is 10.7 Å². The van der Waals surface area contributed by atoms with Crippen molar-refractivity contribution in [3.05, 3.63) is 81.3 Å². The number of amides is 1. The minimum atomic E-state index is -0.150. The molecule has 4 rings (SSSR count). The Balaban J connectivity index is 1.67. The fraction of sp³-hybridized carbons (Fsp3) is 0.280. The highest BCUT2D eigenvalue weighted by Crippen LogP contribution is 2.21. The van der Waals surface area contributed by atoms with E-state index in [1.165, 1.54) is 11.8 Å². The molecule has 170 valence electrons. The number of aromatic nitrogens is 4. The van der Waals surface area contributed by atoms with E-state index in [0.29, 0.717) is 35.0 Å². The smallest absolute Gasteiger partial charge is 0.280 e. The summed E-state index contributed by atoms with van der Waals surface area (Å²) >= 11 is 1.26. The van der Waals surface area contributed by atoms with Crippen molar-refractivity contribution < 1.29 is 4.79 Å². The highest BCUT2D eigenvalue weighted by Gasteiger charge is 2.19. The van der Waals surface area contributed by atoms with Crippen LogP contribution in [-0.4, -0.2) is 31.0 Å². The standard InChI is InChI=1S/C25H27N5O2S/c1-5-30-23-22(18(4)28-30)27-25(29(24(23)32)14-19-11-9-16(2)10-12-19)33-15-21(31)26-20-8-6-7-17(3)13-20/h6-13H,5,14-15H2,1-4H3,(H,26,31). The minimum Gasteiger partial charge on any atom is -0.325 e. The van der Waals surface area contributed by atoms with Gasteiger partial charge in [-0.25, -0.2) is 4.98 Å². The van der Waals surface area contributed by atoms with Gasteiger partial charge < -0.3 is 5.32 Å². The first-order valence-electron chi connectivity index (χ1n) is 10.9. The highest BCUT2D eigenvalue weighted by molar-refractivity contribution is 7.99. The molecule has 0 radical (unpaired) electrons. The summed E-state index contributed by atoms with van der Waals surface area (Å²) in [5.74, 6) is -0.0105. The van der Waals surface area contributed by atoms with Gasteiger partial charge in [-0.05, 0) is 51.0 Å². The van der Waals surface area contributed by atoms with Gasteiger partial charge in [-0.2, -0.15) is 5.10 Å². The van der Waals surface area contributed by atoms with E-state index in [2.05, 4.69) is 10.4 Å². The molecule has 0 fully saturated rings. The second-order valence-corrected chi connectivity index (χ2v) is 9.02. The molecule has 2 heterocycles. The maximum Gasteiger partial charge on any atom is 0.280 e. The Kier molecular flexibility index (Phi) is 6.65. The summed E-state index contributed by atoms with van der Waals surface area (Å²) in [7, 11) is 0. The third kappa shape index (κ3) is 5.01. The number of nitrogens with one attached hydrogen (secondary N) is 1. The van der Waals surface area contributed by atoms with E-state index < -0.39 is 0 Å². The molecule has 0 atom stereocenters. The first kappa shape index (κ1) is 22.8. The van der Waals surface area contributed by atoms with Crippen LogP contribution in [0.5, 0.6) is 0 Å². The lowest BCUT2D eigenvalue weighted by molar-refractivity contribution is -0.113. The van der Waals surface area contributed by atoms with E-state index in [9.17, 15) is 9.59 Å². The third-order valence-corrected chi connectivity index (χ3v) is 6.35. The number of carbonyl (C=O) groups excluding carboxylic acids is 1. The lowest BCUT2D eigenvalue weighted by atomic mass is 10.1. The number of rotatable bonds is 7. The molecule has 1 N–H and O–H groups in total. The van der Waals surface area contributed by atoms with Crippen LogP contribution in [0.4, 0.5) is 5.69 Å². The Morgan fingerprint density at radius 3 is 2.52 bits per heavy atom. The second kappa shape index (κ2) is 9.62. The fourth-order valence-electron chi connectivity index (χ4n) is 3.69. The summed E-state index contributed by atoms with van der Waals surface area (Å²) in [6, 6.07) is 15.7. The van der Waals surface area contributed by atoms with Gasteiger partial charge in [0, 0.05) is 12.2 Å². The van der Waals surface area contributed by atoms with E-state index >= 15 is 0 Å². The van der Waals surface area contributed by atoms with Crippen molar-refractivity contribution in [2.45, 2.75) is 45.9 Å². The number of nitrogens with zero attached hydrogens (tertiary/aromatic N) is 4. The molecule has 0 bridgehead atoms. The lowest BCUT2D eigenvalue weighted by Gasteiger charge is -2.13. The summed E-state index contributed by atoms with van der Waals surface area (Å²) in [5.41, 5.74) is 5.61. The largest absolute Gasteiger partial charge is 0.325 e. The number of hydrogen-bond acceptors (Lipinski definition) is 5. The SMILES string of the molecule is CCn1nc(C)c2nc(SCC(=O)Nc3cccc(C)c3)n(Cc3ccc(C)cc3)c(=O)c21. The second-order valence-electron chi connectivity index (χ2n) is 8.08. The molecule has 0 spiro atoms. The average molecular weight is 462 g/mol. The number of anilines is 1. The Bertz CT molecular complexity index is 1370. The van der Waals surface area contributed by atoms with E-state index in [0.717, 1.165) is 22.4 Å². The van der Waals surface area contributed by atoms with E-state index in [-0.39, 0.29) is 17.2 Å². The third-order valence-electron chi connectivity index (χ3n) is 5.38. The van der Waals surface area contributed by atoms with Crippen LogP contribution >= 0.6 is 11.8 Å². The summed E-state index contributed by atoms with van der Waals surface area (Å²) in [4.78, 5) is 30.9. The van der Waals surface area contributed by atoms with Crippen LogP contribution < -0.4 is 10.9 Å². The quantitative estimate of drug-likeness (QED) is 0.327. The number of fused-ring (bicyclic) bond motifs is 1. The predicted octanol–water partition coefficient (Wildman–Crippen LogP) is 4.32. The van der Waals surface area contributed by atoms with Crippen molar-refractivity contribution in [1.82, 2.24) is 19.3 Å². The number of hydrogen-bond donors (Lipinski definition) is 1. The molecule has 0 saturated heterocycles. The molecule has 2 aromatic carbocycles. The summed E-state index contributed by atoms with van der Waals surface area (Å²) in [6.45, 7) is 8.76. The molecule has 7 nitrogen and oxygen atoms in total. The highest BCUT2D eigenvalue weighted by atomic mass is 32.2. The predicted molar refractivity (Wildman–Crippen MR) is 133 cm³/mol. The van der Waals surface area contributed by atoms with Crippen molar-refractivity contribution in [2.24, 2.45) is 0 Å². The zero-order valence-corrected chi connectivity index (χ0v) is 20.1. The van der Waals surface area contributed by atoms with Gasteiger partial charge in [-0.1, -0.05) is 53.7 Å². The van der Waals surface area contributed by atoms with Gasteiger partial charge in [0.05, 0.1) is 18.0 Å². The van der Waals surface area contributed by atoms with Crippen LogP contribution in [0.2, 0.25) is 0 Å². The number of thioether (sulfide) groups is 1. The van der Waals surface area contributed by atoms with Crippen molar-refractivity contribution in [3.63, 3.8) is 0 Å². The van der Waals surface area contributed by atoms with Gasteiger partial charge >= 0.3 is 0 Å². The monoisotopic (exact) mass is 461 g/mol. The van der Waals surface area contributed by atoms with Crippen molar-refractivity contribution in [2.75, 3.05) is 11.1 Å². The first-order chi connectivity index (χ1) is 15.9. The van der Waals surface area contributed by atoms with Crippen LogP contribution in [0.25, 0.3) is 11.0 Å². The van der Waals surface area contributed by atoms with Gasteiger partial charge in [-0.3, -0.25) is 18.8 Å². The van der Waals surface area contributed by atoms with Gasteiger partial charge in [0.25, 0.3) is 5.56 Å². The Hall–Kier alpha value is -3.39. The zero-order chi connectivity index (χ0) is 23.5. The van der Waals surface area contributed by atoms with Gasteiger partial charge in [0.2, 0.25) is 5.91 Å². The Morgan fingerprint density at radius 1 is 1.06 bits per heavy atom. The van der Waals surface area contributed by atoms with E-state index in [4.69, 9.17) is 4.98 Å². The van der Waals surface area contributed by atoms with Crippen LogP contribution in [0, 0.1) is 20.8 Å². The molecule has 0 aliphatic heterocycles. The summed E-state index contributed by atoms with van der Waals surface area (Å²) in [5, 5.41) is 7.90. The molecule has 0 saturated carbocycles. The van der Waals surface area contributed by atoms with E-state index in [1.807, 2.05) is 76.2 Å². The molecular formula is C25H27N5O2S. The Morgan fingerprint density at radius 2 is 1.82 bits per heavy atom. The van der Waals surface area contributed by atoms with Crippen LogP contribution in [-0.2, 0) is 17.9 Å². The molecule has 0 aliphatic rings. The number of aryl methyl sites for hydroxylation is 4. The van der Waals surface area contributed by atoms with Crippen LogP contribution in [0.1, 0.15) is 29.3 Å². The van der Waals surface area contributed by atoms with Crippen molar-refractivity contribution >= 4 is 34.4 Å².